The maximum atomic E-state index is 13.4. The van der Waals surface area contributed by atoms with Crippen LogP contribution in [0.1, 0.15) is 12.0 Å². The smallest absolute Gasteiger partial charge is 0.306 e. The molecule has 0 bridgehead atoms. The molecular weight excluding hydrogens is 353 g/mol. The van der Waals surface area contributed by atoms with Crippen molar-refractivity contribution in [1.29, 1.82) is 0 Å². The number of hydrogen-bond acceptors (Lipinski definition) is 4. The van der Waals surface area contributed by atoms with E-state index < -0.39 is 28.3 Å². The Hall–Kier alpha value is -3.29. The normalized spacial score (nSPS) is 16.4. The molecule has 140 valence electrons. The van der Waals surface area contributed by atoms with Gasteiger partial charge in [0.2, 0.25) is 17.6 Å². The Morgan fingerprint density at radius 2 is 2.00 bits per heavy atom. The molecule has 0 spiro atoms. The Morgan fingerprint density at radius 1 is 1.26 bits per heavy atom. The number of hydrogen-bond donors (Lipinski definition) is 1. The van der Waals surface area contributed by atoms with E-state index in [9.17, 15) is 24.1 Å². The third-order valence-electron chi connectivity index (χ3n) is 4.51. The molecule has 7 nitrogen and oxygen atoms in total. The molecule has 1 unspecified atom stereocenters. The Morgan fingerprint density at radius 3 is 2.70 bits per heavy atom. The number of halogens is 1. The largest absolute Gasteiger partial charge is 0.342 e. The summed E-state index contributed by atoms with van der Waals surface area (Å²) < 4.78 is 13.4. The standard InChI is InChI=1S/C19H18FN3O4/c20-16-7-6-15(11-17(16)23(26)27)21-19(25)14-10-18(24)22(12-14)9-8-13-4-2-1-3-5-13/h1-7,11,14H,8-10,12H2,(H,21,25). The molecule has 1 fully saturated rings. The van der Waals surface area contributed by atoms with E-state index in [0.717, 1.165) is 17.7 Å². The molecule has 3 rings (SSSR count). The number of likely N-dealkylation sites (tertiary alicyclic amines) is 1. The van der Waals surface area contributed by atoms with Crippen molar-refractivity contribution >= 4 is 23.2 Å². The first-order chi connectivity index (χ1) is 12.9. The minimum absolute atomic E-state index is 0.0872. The molecule has 2 amide bonds. The topological polar surface area (TPSA) is 92.5 Å². The lowest BCUT2D eigenvalue weighted by atomic mass is 10.1. The Kier molecular flexibility index (Phi) is 5.44. The number of rotatable bonds is 6. The summed E-state index contributed by atoms with van der Waals surface area (Å²) in [6.07, 6.45) is 0.787. The number of amides is 2. The van der Waals surface area contributed by atoms with Gasteiger partial charge in [0.05, 0.1) is 10.8 Å². The maximum Gasteiger partial charge on any atom is 0.306 e. The third kappa shape index (κ3) is 4.46. The van der Waals surface area contributed by atoms with E-state index in [1.807, 2.05) is 30.3 Å². The van der Waals surface area contributed by atoms with Crippen LogP contribution < -0.4 is 5.32 Å². The molecule has 1 atom stereocenters. The summed E-state index contributed by atoms with van der Waals surface area (Å²) in [7, 11) is 0. The van der Waals surface area contributed by atoms with Crippen LogP contribution in [0.25, 0.3) is 0 Å². The highest BCUT2D eigenvalue weighted by molar-refractivity contribution is 5.97. The van der Waals surface area contributed by atoms with Gasteiger partial charge >= 0.3 is 5.69 Å². The van der Waals surface area contributed by atoms with Gasteiger partial charge in [-0.2, -0.15) is 4.39 Å². The molecule has 0 aromatic heterocycles. The third-order valence-corrected chi connectivity index (χ3v) is 4.51. The van der Waals surface area contributed by atoms with Gasteiger partial charge in [0.25, 0.3) is 0 Å². The number of benzene rings is 2. The van der Waals surface area contributed by atoms with Crippen LogP contribution in [-0.4, -0.2) is 34.7 Å². The lowest BCUT2D eigenvalue weighted by Gasteiger charge is -2.16. The van der Waals surface area contributed by atoms with Gasteiger partial charge in [-0.3, -0.25) is 19.7 Å². The van der Waals surface area contributed by atoms with Gasteiger partial charge in [-0.1, -0.05) is 30.3 Å². The van der Waals surface area contributed by atoms with Crippen LogP contribution in [0.3, 0.4) is 0 Å². The molecule has 1 N–H and O–H groups in total. The van der Waals surface area contributed by atoms with Gasteiger partial charge in [-0.25, -0.2) is 0 Å². The molecule has 1 aliphatic rings. The predicted molar refractivity (Wildman–Crippen MR) is 96.5 cm³/mol. The quantitative estimate of drug-likeness (QED) is 0.624. The van der Waals surface area contributed by atoms with Crippen molar-refractivity contribution in [3.05, 3.63) is 70.0 Å². The lowest BCUT2D eigenvalue weighted by molar-refractivity contribution is -0.387. The summed E-state index contributed by atoms with van der Waals surface area (Å²) in [5, 5.41) is 13.3. The molecule has 2 aromatic carbocycles. The zero-order chi connectivity index (χ0) is 19.4. The van der Waals surface area contributed by atoms with E-state index in [0.29, 0.717) is 19.5 Å². The number of carbonyl (C=O) groups is 2. The number of nitrogens with one attached hydrogen (secondary N) is 1. The summed E-state index contributed by atoms with van der Waals surface area (Å²) in [4.78, 5) is 36.1. The van der Waals surface area contributed by atoms with Gasteiger partial charge < -0.3 is 10.2 Å². The van der Waals surface area contributed by atoms with Crippen LogP contribution >= 0.6 is 0 Å². The van der Waals surface area contributed by atoms with Crippen molar-refractivity contribution in [1.82, 2.24) is 4.90 Å². The van der Waals surface area contributed by atoms with Crippen LogP contribution in [0.5, 0.6) is 0 Å². The molecule has 8 heteroatoms. The zero-order valence-electron chi connectivity index (χ0n) is 14.4. The van der Waals surface area contributed by atoms with Crippen LogP contribution in [-0.2, 0) is 16.0 Å². The fraction of sp³-hybridized carbons (Fsp3) is 0.263. The minimum Gasteiger partial charge on any atom is -0.342 e. The van der Waals surface area contributed by atoms with E-state index in [1.165, 1.54) is 6.07 Å². The van der Waals surface area contributed by atoms with E-state index in [2.05, 4.69) is 5.32 Å². The van der Waals surface area contributed by atoms with Crippen LogP contribution in [0.4, 0.5) is 15.8 Å². The SMILES string of the molecule is O=C(Nc1ccc(F)c([N+](=O)[O-])c1)C1CC(=O)N(CCc2ccccc2)C1. The minimum atomic E-state index is -0.971. The maximum absolute atomic E-state index is 13.4. The van der Waals surface area contributed by atoms with Gasteiger partial charge in [-0.05, 0) is 24.1 Å². The van der Waals surface area contributed by atoms with Gasteiger partial charge in [0.15, 0.2) is 0 Å². The number of nitrogens with zero attached hydrogens (tertiary/aromatic N) is 2. The Bertz CT molecular complexity index is 873. The summed E-state index contributed by atoms with van der Waals surface area (Å²) in [5.74, 6) is -2.03. The zero-order valence-corrected chi connectivity index (χ0v) is 14.4. The second-order valence-electron chi connectivity index (χ2n) is 6.39. The van der Waals surface area contributed by atoms with E-state index in [4.69, 9.17) is 0 Å². The van der Waals surface area contributed by atoms with E-state index in [1.54, 1.807) is 4.90 Å². The molecule has 1 saturated heterocycles. The van der Waals surface area contributed by atoms with Gasteiger partial charge in [-0.15, -0.1) is 0 Å². The number of nitro benzene ring substituents is 1. The van der Waals surface area contributed by atoms with Crippen molar-refractivity contribution in [3.8, 4) is 0 Å². The molecule has 0 saturated carbocycles. The number of anilines is 1. The highest BCUT2D eigenvalue weighted by Gasteiger charge is 2.34. The first-order valence-corrected chi connectivity index (χ1v) is 8.50. The summed E-state index contributed by atoms with van der Waals surface area (Å²) in [6, 6.07) is 12.9. The van der Waals surface area contributed by atoms with E-state index >= 15 is 0 Å². The molecule has 1 aliphatic heterocycles. The van der Waals surface area contributed by atoms with Crippen molar-refractivity contribution in [2.75, 3.05) is 18.4 Å². The fourth-order valence-corrected chi connectivity index (χ4v) is 3.05. The molecule has 0 aliphatic carbocycles. The molecule has 2 aromatic rings. The number of nitro groups is 1. The van der Waals surface area contributed by atoms with Gasteiger partial charge in [0, 0.05) is 31.3 Å². The van der Waals surface area contributed by atoms with Crippen LogP contribution in [0.2, 0.25) is 0 Å². The lowest BCUT2D eigenvalue weighted by Crippen LogP contribution is -2.30. The Labute approximate surface area is 154 Å². The molecule has 27 heavy (non-hydrogen) atoms. The summed E-state index contributed by atoms with van der Waals surface area (Å²) >= 11 is 0. The van der Waals surface area contributed by atoms with Crippen molar-refractivity contribution < 1.29 is 18.9 Å². The number of carbonyl (C=O) groups excluding carboxylic acids is 2. The summed E-state index contributed by atoms with van der Waals surface area (Å²) in [5.41, 5.74) is 0.528. The van der Waals surface area contributed by atoms with Crippen molar-refractivity contribution in [2.24, 2.45) is 5.92 Å². The predicted octanol–water partition coefficient (Wildman–Crippen LogP) is 2.76. The fourth-order valence-electron chi connectivity index (χ4n) is 3.05. The highest BCUT2D eigenvalue weighted by Crippen LogP contribution is 2.24. The van der Waals surface area contributed by atoms with Crippen molar-refractivity contribution in [3.63, 3.8) is 0 Å². The first-order valence-electron chi connectivity index (χ1n) is 8.50. The molecule has 1 heterocycles. The van der Waals surface area contributed by atoms with Crippen LogP contribution in [0.15, 0.2) is 48.5 Å². The average Bonchev–Trinajstić information content (AvgIpc) is 3.03. The van der Waals surface area contributed by atoms with Crippen LogP contribution in [0, 0.1) is 21.8 Å². The van der Waals surface area contributed by atoms with E-state index in [-0.39, 0.29) is 18.0 Å². The van der Waals surface area contributed by atoms with Crippen molar-refractivity contribution in [2.45, 2.75) is 12.8 Å². The monoisotopic (exact) mass is 371 g/mol. The Balaban J connectivity index is 1.59. The second kappa shape index (κ2) is 7.94. The first kappa shape index (κ1) is 18.5. The average molecular weight is 371 g/mol. The highest BCUT2D eigenvalue weighted by atomic mass is 19.1. The van der Waals surface area contributed by atoms with Gasteiger partial charge in [0.1, 0.15) is 0 Å². The second-order valence-corrected chi connectivity index (χ2v) is 6.39. The molecule has 0 radical (unpaired) electrons. The summed E-state index contributed by atoms with van der Waals surface area (Å²) in [6.45, 7) is 0.815. The molecular formula is C19H18FN3O4.